The topological polar surface area (TPSA) is 82.6 Å². The Morgan fingerprint density at radius 2 is 2.07 bits per heavy atom. The lowest BCUT2D eigenvalue weighted by Crippen LogP contribution is -2.30. The number of rotatable bonds is 4. The van der Waals surface area contributed by atoms with E-state index in [0.717, 1.165) is 12.0 Å². The quantitative estimate of drug-likeness (QED) is 0.849. The Hall–Kier alpha value is -2.60. The molecular formula is C22H28N2O4. The van der Waals surface area contributed by atoms with Crippen molar-refractivity contribution in [3.63, 3.8) is 0 Å². The minimum absolute atomic E-state index is 0.0707. The Labute approximate surface area is 165 Å². The van der Waals surface area contributed by atoms with E-state index in [9.17, 15) is 14.7 Å². The molecule has 28 heavy (non-hydrogen) atoms. The van der Waals surface area contributed by atoms with Gasteiger partial charge in [0, 0.05) is 48.5 Å². The fourth-order valence-electron chi connectivity index (χ4n) is 3.70. The Bertz CT molecular complexity index is 927. The highest BCUT2D eigenvalue weighted by Crippen LogP contribution is 2.37. The molecule has 1 aromatic carbocycles. The molecule has 1 aliphatic rings. The molecule has 0 spiro atoms. The van der Waals surface area contributed by atoms with Crippen molar-refractivity contribution < 1.29 is 14.6 Å². The zero-order valence-electron chi connectivity index (χ0n) is 16.9. The van der Waals surface area contributed by atoms with Crippen LogP contribution in [0.3, 0.4) is 0 Å². The molecule has 0 aliphatic carbocycles. The third-order valence-electron chi connectivity index (χ3n) is 5.32. The maximum atomic E-state index is 13.3. The molecule has 0 saturated carbocycles. The van der Waals surface area contributed by atoms with Crippen LogP contribution in [0.25, 0.3) is 11.1 Å². The predicted octanol–water partition coefficient (Wildman–Crippen LogP) is 2.80. The highest BCUT2D eigenvalue weighted by atomic mass is 16.5. The first-order chi connectivity index (χ1) is 13.3. The van der Waals surface area contributed by atoms with Gasteiger partial charge in [-0.15, -0.1) is 0 Å². The summed E-state index contributed by atoms with van der Waals surface area (Å²) in [6.45, 7) is 7.38. The van der Waals surface area contributed by atoms with Gasteiger partial charge in [0.2, 0.25) is 0 Å². The minimum Gasteiger partial charge on any atom is -0.496 e. The Morgan fingerprint density at radius 3 is 2.64 bits per heavy atom. The maximum absolute atomic E-state index is 13.3. The molecule has 1 aromatic heterocycles. The van der Waals surface area contributed by atoms with Gasteiger partial charge in [0.15, 0.2) is 0 Å². The van der Waals surface area contributed by atoms with E-state index in [1.807, 2.05) is 6.07 Å². The number of H-pyrrole nitrogens is 1. The number of nitrogens with one attached hydrogen (secondary N) is 1. The smallest absolute Gasteiger partial charge is 0.255 e. The average molecular weight is 384 g/mol. The van der Waals surface area contributed by atoms with Gasteiger partial charge in [0.1, 0.15) is 5.75 Å². The largest absolute Gasteiger partial charge is 0.496 e. The number of ether oxygens (including phenoxy) is 1. The number of aromatic amines is 1. The van der Waals surface area contributed by atoms with Crippen molar-refractivity contribution in [2.75, 3.05) is 26.8 Å². The number of carbonyl (C=O) groups excluding carboxylic acids is 1. The molecule has 1 saturated heterocycles. The molecule has 0 bridgehead atoms. The Kier molecular flexibility index (Phi) is 5.61. The second kappa shape index (κ2) is 7.80. The van der Waals surface area contributed by atoms with Crippen molar-refractivity contribution in [2.45, 2.75) is 32.6 Å². The van der Waals surface area contributed by atoms with Crippen molar-refractivity contribution in [1.29, 1.82) is 0 Å². The van der Waals surface area contributed by atoms with Gasteiger partial charge in [0.05, 0.1) is 12.7 Å². The summed E-state index contributed by atoms with van der Waals surface area (Å²) in [6.07, 6.45) is 2.36. The zero-order chi connectivity index (χ0) is 20.5. The van der Waals surface area contributed by atoms with Crippen LogP contribution in [0.15, 0.2) is 35.3 Å². The molecule has 1 unspecified atom stereocenters. The van der Waals surface area contributed by atoms with Crippen molar-refractivity contribution in [3.8, 4) is 16.9 Å². The molecule has 1 amide bonds. The second-order valence-electron chi connectivity index (χ2n) is 8.35. The highest BCUT2D eigenvalue weighted by molar-refractivity contribution is 6.01. The van der Waals surface area contributed by atoms with Crippen LogP contribution < -0.4 is 10.3 Å². The zero-order valence-corrected chi connectivity index (χ0v) is 16.9. The number of pyridine rings is 1. The summed E-state index contributed by atoms with van der Waals surface area (Å²) in [7, 11) is 1.59. The summed E-state index contributed by atoms with van der Waals surface area (Å²) >= 11 is 0. The molecule has 1 aliphatic heterocycles. The van der Waals surface area contributed by atoms with Crippen LogP contribution in [0.4, 0.5) is 0 Å². The molecule has 6 nitrogen and oxygen atoms in total. The first-order valence-corrected chi connectivity index (χ1v) is 9.57. The Balaban J connectivity index is 2.19. The summed E-state index contributed by atoms with van der Waals surface area (Å²) in [4.78, 5) is 30.2. The normalized spacial score (nSPS) is 17.0. The molecule has 1 atom stereocenters. The lowest BCUT2D eigenvalue weighted by Gasteiger charge is -2.25. The molecule has 150 valence electrons. The van der Waals surface area contributed by atoms with Gasteiger partial charge in [-0.3, -0.25) is 9.59 Å². The van der Waals surface area contributed by atoms with Gasteiger partial charge in [-0.1, -0.05) is 20.8 Å². The monoisotopic (exact) mass is 384 g/mol. The van der Waals surface area contributed by atoms with Crippen LogP contribution in [0, 0.1) is 5.92 Å². The van der Waals surface area contributed by atoms with Crippen LogP contribution >= 0.6 is 0 Å². The number of aliphatic hydroxyl groups excluding tert-OH is 1. The van der Waals surface area contributed by atoms with Crippen LogP contribution in [0.5, 0.6) is 5.75 Å². The Morgan fingerprint density at radius 1 is 1.32 bits per heavy atom. The van der Waals surface area contributed by atoms with Gasteiger partial charge < -0.3 is 19.7 Å². The van der Waals surface area contributed by atoms with Crippen LogP contribution in [-0.2, 0) is 5.41 Å². The highest BCUT2D eigenvalue weighted by Gasteiger charge is 2.30. The fraction of sp³-hybridized carbons (Fsp3) is 0.455. The number of benzene rings is 1. The molecule has 2 aromatic rings. The maximum Gasteiger partial charge on any atom is 0.255 e. The molecule has 2 N–H and O–H groups in total. The molecule has 3 rings (SSSR count). The predicted molar refractivity (Wildman–Crippen MR) is 109 cm³/mol. The lowest BCUT2D eigenvalue weighted by atomic mass is 9.83. The van der Waals surface area contributed by atoms with Gasteiger partial charge in [-0.2, -0.15) is 0 Å². The lowest BCUT2D eigenvalue weighted by molar-refractivity contribution is 0.0782. The van der Waals surface area contributed by atoms with E-state index < -0.39 is 0 Å². The number of likely N-dealkylation sites (tertiary alicyclic amines) is 1. The molecular weight excluding hydrogens is 356 g/mol. The van der Waals surface area contributed by atoms with Crippen molar-refractivity contribution >= 4 is 5.91 Å². The van der Waals surface area contributed by atoms with Crippen molar-refractivity contribution in [2.24, 2.45) is 5.92 Å². The van der Waals surface area contributed by atoms with Gasteiger partial charge >= 0.3 is 0 Å². The summed E-state index contributed by atoms with van der Waals surface area (Å²) in [6, 6.07) is 7.13. The van der Waals surface area contributed by atoms with Crippen LogP contribution in [0.2, 0.25) is 0 Å². The number of hydrogen-bond donors (Lipinski definition) is 2. The van der Waals surface area contributed by atoms with Gasteiger partial charge in [-0.25, -0.2) is 0 Å². The van der Waals surface area contributed by atoms with E-state index in [0.29, 0.717) is 35.5 Å². The summed E-state index contributed by atoms with van der Waals surface area (Å²) < 4.78 is 5.59. The molecule has 6 heteroatoms. The second-order valence-corrected chi connectivity index (χ2v) is 8.35. The number of nitrogens with zero attached hydrogens (tertiary/aromatic N) is 1. The van der Waals surface area contributed by atoms with E-state index in [4.69, 9.17) is 4.74 Å². The van der Waals surface area contributed by atoms with E-state index in [-0.39, 0.29) is 29.4 Å². The van der Waals surface area contributed by atoms with Gasteiger partial charge in [-0.05, 0) is 36.1 Å². The number of aromatic nitrogens is 1. The molecule has 2 heterocycles. The average Bonchev–Trinajstić information content (AvgIpc) is 3.15. The number of methoxy groups -OCH3 is 1. The number of aliphatic hydroxyl groups is 1. The summed E-state index contributed by atoms with van der Waals surface area (Å²) in [5.41, 5.74) is 1.97. The van der Waals surface area contributed by atoms with E-state index in [1.54, 1.807) is 36.4 Å². The minimum atomic E-state index is -0.240. The van der Waals surface area contributed by atoms with Crippen molar-refractivity contribution in [1.82, 2.24) is 9.88 Å². The van der Waals surface area contributed by atoms with Crippen LogP contribution in [0.1, 0.15) is 43.1 Å². The first kappa shape index (κ1) is 20.1. The van der Waals surface area contributed by atoms with Crippen LogP contribution in [-0.4, -0.2) is 47.7 Å². The SMILES string of the molecule is COc1cc(C(=O)N2CCC(CO)C2)c(-c2ccc[nH]c2=O)cc1C(C)(C)C. The number of carbonyl (C=O) groups is 1. The molecule has 1 fully saturated rings. The third kappa shape index (κ3) is 3.83. The summed E-state index contributed by atoms with van der Waals surface area (Å²) in [5, 5.41) is 9.41. The van der Waals surface area contributed by atoms with E-state index >= 15 is 0 Å². The van der Waals surface area contributed by atoms with Gasteiger partial charge in [0.25, 0.3) is 11.5 Å². The number of amides is 1. The van der Waals surface area contributed by atoms with E-state index in [1.165, 1.54) is 0 Å². The standard InChI is InChI=1S/C22H28N2O4/c1-22(2,3)18-10-16(15-6-5-8-23-20(15)26)17(11-19(18)28-4)21(27)24-9-7-14(12-24)13-25/h5-6,8,10-11,14,25H,7,9,12-13H2,1-4H3,(H,23,26). The summed E-state index contributed by atoms with van der Waals surface area (Å²) in [5.74, 6) is 0.584. The van der Waals surface area contributed by atoms with Crippen molar-refractivity contribution in [3.05, 3.63) is 51.9 Å². The molecule has 0 radical (unpaired) electrons. The number of hydrogen-bond acceptors (Lipinski definition) is 4. The fourth-order valence-corrected chi connectivity index (χ4v) is 3.70. The first-order valence-electron chi connectivity index (χ1n) is 9.57. The van der Waals surface area contributed by atoms with E-state index in [2.05, 4.69) is 25.8 Å². The third-order valence-corrected chi connectivity index (χ3v) is 5.32.